The molecule has 0 aromatic carbocycles. The van der Waals surface area contributed by atoms with Gasteiger partial charge in [-0.05, 0) is 58.4 Å². The number of fused-ring (bicyclic) bond motifs is 2. The molecule has 4 aromatic rings. The topological polar surface area (TPSA) is 56.4 Å². The fraction of sp³-hybridized carbons (Fsp3) is 0.100. The maximum atomic E-state index is 9.66. The summed E-state index contributed by atoms with van der Waals surface area (Å²) >= 11 is 3.18. The first-order chi connectivity index (χ1) is 13.7. The van der Waals surface area contributed by atoms with E-state index >= 15 is 0 Å². The molecule has 0 spiro atoms. The van der Waals surface area contributed by atoms with Crippen molar-refractivity contribution in [3.05, 3.63) is 60.2 Å². The number of aromatic nitrogens is 2. The van der Waals surface area contributed by atoms with Gasteiger partial charge in [-0.25, -0.2) is 0 Å². The molecule has 0 bridgehead atoms. The fourth-order valence-corrected chi connectivity index (χ4v) is 7.99. The predicted molar refractivity (Wildman–Crippen MR) is 120 cm³/mol. The van der Waals surface area contributed by atoms with Crippen LogP contribution in [0.1, 0.15) is 11.4 Å². The van der Waals surface area contributed by atoms with Gasteiger partial charge in [-0.2, -0.15) is 10.5 Å². The summed E-state index contributed by atoms with van der Waals surface area (Å²) in [5.74, 6) is 0. The summed E-state index contributed by atoms with van der Waals surface area (Å²) in [6.45, 7) is 0. The SMILES string of the molecule is CSc1c(SSc2c(SC)c(C#N)n3ccccc23)c2ccccn2c1C#N. The molecule has 4 aromatic heterocycles. The summed E-state index contributed by atoms with van der Waals surface area (Å²) in [7, 11) is 3.29. The summed E-state index contributed by atoms with van der Waals surface area (Å²) in [6.07, 6.45) is 7.85. The quantitative estimate of drug-likeness (QED) is 0.274. The van der Waals surface area contributed by atoms with E-state index in [9.17, 15) is 10.5 Å². The summed E-state index contributed by atoms with van der Waals surface area (Å²) in [5, 5.41) is 19.3. The van der Waals surface area contributed by atoms with Crippen LogP contribution in [0.5, 0.6) is 0 Å². The highest BCUT2D eigenvalue weighted by molar-refractivity contribution is 8.76. The second-order valence-electron chi connectivity index (χ2n) is 5.72. The van der Waals surface area contributed by atoms with Crippen LogP contribution >= 0.6 is 45.1 Å². The number of rotatable bonds is 5. The van der Waals surface area contributed by atoms with Gasteiger partial charge < -0.3 is 8.80 Å². The second-order valence-corrected chi connectivity index (χ2v) is 9.51. The van der Waals surface area contributed by atoms with Crippen molar-refractivity contribution in [1.82, 2.24) is 8.80 Å². The molecule has 0 aliphatic carbocycles. The lowest BCUT2D eigenvalue weighted by atomic mass is 10.4. The van der Waals surface area contributed by atoms with E-state index in [1.165, 1.54) is 0 Å². The van der Waals surface area contributed by atoms with Crippen LogP contribution in [0.4, 0.5) is 0 Å². The number of nitrogens with zero attached hydrogens (tertiary/aromatic N) is 4. The number of pyridine rings is 2. The highest BCUT2D eigenvalue weighted by atomic mass is 33.1. The van der Waals surface area contributed by atoms with Crippen molar-refractivity contribution in [3.63, 3.8) is 0 Å². The molecule has 0 fully saturated rings. The van der Waals surface area contributed by atoms with E-state index in [0.29, 0.717) is 11.4 Å². The van der Waals surface area contributed by atoms with E-state index in [0.717, 1.165) is 30.6 Å². The van der Waals surface area contributed by atoms with E-state index in [4.69, 9.17) is 0 Å². The average Bonchev–Trinajstić information content (AvgIpc) is 3.23. The molecule has 0 saturated heterocycles. The number of hydrogen-bond acceptors (Lipinski definition) is 6. The number of nitriles is 2. The summed E-state index contributed by atoms with van der Waals surface area (Å²) in [4.78, 5) is 4.13. The third-order valence-electron chi connectivity index (χ3n) is 4.34. The van der Waals surface area contributed by atoms with E-state index in [1.54, 1.807) is 45.1 Å². The van der Waals surface area contributed by atoms with Gasteiger partial charge in [0, 0.05) is 12.4 Å². The van der Waals surface area contributed by atoms with Crippen LogP contribution in [-0.2, 0) is 0 Å². The first kappa shape index (κ1) is 19.2. The molecule has 0 aliphatic heterocycles. The maximum Gasteiger partial charge on any atom is 0.139 e. The molecule has 0 radical (unpaired) electrons. The van der Waals surface area contributed by atoms with Crippen LogP contribution in [0.2, 0.25) is 0 Å². The normalized spacial score (nSPS) is 11.0. The molecule has 0 saturated carbocycles. The predicted octanol–water partition coefficient (Wildman–Crippen LogP) is 6.18. The van der Waals surface area contributed by atoms with Crippen molar-refractivity contribution < 1.29 is 0 Å². The Labute approximate surface area is 179 Å². The van der Waals surface area contributed by atoms with Crippen molar-refractivity contribution in [3.8, 4) is 12.1 Å². The smallest absolute Gasteiger partial charge is 0.139 e. The molecule has 0 aliphatic rings. The minimum absolute atomic E-state index is 0.663. The highest BCUT2D eigenvalue weighted by Gasteiger charge is 2.22. The third-order valence-corrected chi connectivity index (χ3v) is 8.70. The fourth-order valence-electron chi connectivity index (χ4n) is 3.15. The monoisotopic (exact) mass is 438 g/mol. The molecule has 0 unspecified atom stereocenters. The number of hydrogen-bond donors (Lipinski definition) is 0. The summed E-state index contributed by atoms with van der Waals surface area (Å²) in [6, 6.07) is 16.6. The Bertz CT molecular complexity index is 1170. The van der Waals surface area contributed by atoms with Gasteiger partial charge in [0.25, 0.3) is 0 Å². The van der Waals surface area contributed by atoms with Crippen molar-refractivity contribution >= 4 is 56.1 Å². The van der Waals surface area contributed by atoms with Gasteiger partial charge in [-0.1, -0.05) is 12.1 Å². The molecular formula is C20H14N4S4. The zero-order valence-electron chi connectivity index (χ0n) is 15.0. The molecule has 4 nitrogen and oxygen atoms in total. The average molecular weight is 439 g/mol. The lowest BCUT2D eigenvalue weighted by Gasteiger charge is -2.04. The molecule has 0 atom stereocenters. The first-order valence-electron chi connectivity index (χ1n) is 8.24. The van der Waals surface area contributed by atoms with Gasteiger partial charge in [0.1, 0.15) is 23.5 Å². The Kier molecular flexibility index (Phi) is 5.56. The summed E-state index contributed by atoms with van der Waals surface area (Å²) in [5.41, 5.74) is 3.37. The Morgan fingerprint density at radius 2 is 1.11 bits per heavy atom. The Hall–Kier alpha value is -2.10. The van der Waals surface area contributed by atoms with Gasteiger partial charge in [-0.3, -0.25) is 0 Å². The van der Waals surface area contributed by atoms with E-state index < -0.39 is 0 Å². The van der Waals surface area contributed by atoms with E-state index in [2.05, 4.69) is 12.1 Å². The lowest BCUT2D eigenvalue weighted by molar-refractivity contribution is 1.13. The van der Waals surface area contributed by atoms with Crippen molar-refractivity contribution in [2.24, 2.45) is 0 Å². The minimum Gasteiger partial charge on any atom is -0.306 e. The van der Waals surface area contributed by atoms with E-state index in [1.807, 2.05) is 70.1 Å². The molecule has 4 heterocycles. The minimum atomic E-state index is 0.663. The van der Waals surface area contributed by atoms with Crippen molar-refractivity contribution in [1.29, 1.82) is 10.5 Å². The second kappa shape index (κ2) is 8.10. The molecule has 138 valence electrons. The highest BCUT2D eigenvalue weighted by Crippen LogP contribution is 2.50. The van der Waals surface area contributed by atoms with Gasteiger partial charge in [0.05, 0.1) is 30.6 Å². The van der Waals surface area contributed by atoms with Crippen LogP contribution < -0.4 is 0 Å². The zero-order valence-corrected chi connectivity index (χ0v) is 18.3. The molecule has 0 N–H and O–H groups in total. The Morgan fingerprint density at radius 1 is 0.679 bits per heavy atom. The van der Waals surface area contributed by atoms with Crippen LogP contribution in [0, 0.1) is 22.7 Å². The molecular weight excluding hydrogens is 425 g/mol. The van der Waals surface area contributed by atoms with Crippen LogP contribution in [0.3, 0.4) is 0 Å². The molecule has 28 heavy (non-hydrogen) atoms. The van der Waals surface area contributed by atoms with Crippen LogP contribution in [0.25, 0.3) is 11.0 Å². The molecule has 8 heteroatoms. The third kappa shape index (κ3) is 2.98. The van der Waals surface area contributed by atoms with E-state index in [-0.39, 0.29) is 0 Å². The van der Waals surface area contributed by atoms with Gasteiger partial charge in [0.2, 0.25) is 0 Å². The largest absolute Gasteiger partial charge is 0.306 e. The zero-order chi connectivity index (χ0) is 19.7. The lowest BCUT2D eigenvalue weighted by Crippen LogP contribution is -1.86. The Morgan fingerprint density at radius 3 is 1.46 bits per heavy atom. The maximum absolute atomic E-state index is 9.66. The molecule has 0 amide bonds. The Balaban J connectivity index is 1.84. The van der Waals surface area contributed by atoms with Crippen LogP contribution in [0.15, 0.2) is 68.4 Å². The first-order valence-corrected chi connectivity index (χ1v) is 12.8. The van der Waals surface area contributed by atoms with Gasteiger partial charge in [-0.15, -0.1) is 23.5 Å². The van der Waals surface area contributed by atoms with Gasteiger partial charge >= 0.3 is 0 Å². The molecule has 4 rings (SSSR count). The van der Waals surface area contributed by atoms with Crippen LogP contribution in [-0.4, -0.2) is 21.3 Å². The van der Waals surface area contributed by atoms with Crippen molar-refractivity contribution in [2.45, 2.75) is 19.6 Å². The summed E-state index contributed by atoms with van der Waals surface area (Å²) < 4.78 is 3.89. The van der Waals surface area contributed by atoms with Crippen molar-refractivity contribution in [2.75, 3.05) is 12.5 Å². The number of thioether (sulfide) groups is 2. The van der Waals surface area contributed by atoms with Gasteiger partial charge in [0.15, 0.2) is 0 Å². The standard InChI is InChI=1S/C20H14N4S4/c1-25-17-15(11-21)23-9-5-3-7-13(23)19(17)27-28-20-14-8-4-6-10-24(14)16(12-22)18(20)26-2/h3-10H,1-2H3.